The minimum absolute atomic E-state index is 0.315. The third-order valence-electron chi connectivity index (χ3n) is 5.05. The summed E-state index contributed by atoms with van der Waals surface area (Å²) in [4.78, 5) is 0. The van der Waals surface area contributed by atoms with Gasteiger partial charge in [-0.3, -0.25) is 0 Å². The predicted octanol–water partition coefficient (Wildman–Crippen LogP) is 9.24. The number of hydrogen-bond acceptors (Lipinski definition) is 2. The van der Waals surface area contributed by atoms with Gasteiger partial charge in [-0.1, -0.05) is 92.5 Å². The molecule has 164 valence electrons. The van der Waals surface area contributed by atoms with E-state index in [1.54, 1.807) is 0 Å². The van der Waals surface area contributed by atoms with Gasteiger partial charge in [0.1, 0.15) is 0 Å². The molecule has 0 fully saturated rings. The Labute approximate surface area is 208 Å². The molecule has 32 heavy (non-hydrogen) atoms. The highest BCUT2D eigenvalue weighted by atomic mass is 79.9. The van der Waals surface area contributed by atoms with Crippen molar-refractivity contribution in [2.75, 3.05) is 10.6 Å². The molecule has 0 unspecified atom stereocenters. The fourth-order valence-electron chi connectivity index (χ4n) is 3.24. The first-order valence-electron chi connectivity index (χ1n) is 10.7. The average Bonchev–Trinajstić information content (AvgIpc) is 2.82. The lowest BCUT2D eigenvalue weighted by Crippen LogP contribution is -2.05. The van der Waals surface area contributed by atoms with Crippen LogP contribution in [0.2, 0.25) is 0 Å². The van der Waals surface area contributed by atoms with Gasteiger partial charge in [-0.2, -0.15) is 0 Å². The maximum absolute atomic E-state index is 3.46. The third-order valence-corrected chi connectivity index (χ3v) is 6.11. The molecule has 2 N–H and O–H groups in total. The number of rotatable bonds is 6. The van der Waals surface area contributed by atoms with Crippen molar-refractivity contribution in [1.82, 2.24) is 0 Å². The van der Waals surface area contributed by atoms with Gasteiger partial charge in [0.25, 0.3) is 0 Å². The molecule has 0 aromatic heterocycles. The molecule has 0 spiro atoms. The number of halogens is 2. The van der Waals surface area contributed by atoms with Crippen LogP contribution in [0.25, 0.3) is 0 Å². The van der Waals surface area contributed by atoms with E-state index < -0.39 is 0 Å². The highest BCUT2D eigenvalue weighted by Gasteiger charge is 2.05. The Morgan fingerprint density at radius 1 is 0.469 bits per heavy atom. The molecule has 0 amide bonds. The van der Waals surface area contributed by atoms with Crippen LogP contribution >= 0.6 is 31.9 Å². The molecule has 4 rings (SSSR count). The SMILES string of the molecule is C[C@@H](Nc1ccccc1)c1ccc(Br)cc1.C[C@@H](Nc1ccccc1)c1ccc(Br)cc1. The smallest absolute Gasteiger partial charge is 0.0485 e. The maximum Gasteiger partial charge on any atom is 0.0485 e. The molecule has 0 saturated heterocycles. The van der Waals surface area contributed by atoms with E-state index in [1.807, 2.05) is 36.4 Å². The van der Waals surface area contributed by atoms with Crippen molar-refractivity contribution >= 4 is 43.2 Å². The van der Waals surface area contributed by atoms with Crippen LogP contribution < -0.4 is 10.6 Å². The summed E-state index contributed by atoms with van der Waals surface area (Å²) in [7, 11) is 0. The predicted molar refractivity (Wildman–Crippen MR) is 145 cm³/mol. The van der Waals surface area contributed by atoms with Crippen molar-refractivity contribution in [3.8, 4) is 0 Å². The van der Waals surface area contributed by atoms with E-state index in [2.05, 4.69) is 129 Å². The van der Waals surface area contributed by atoms with E-state index in [4.69, 9.17) is 0 Å². The molecule has 4 aromatic rings. The van der Waals surface area contributed by atoms with E-state index in [-0.39, 0.29) is 0 Å². The van der Waals surface area contributed by atoms with Crippen LogP contribution in [0, 0.1) is 0 Å². The molecule has 0 bridgehead atoms. The molecule has 0 aliphatic rings. The van der Waals surface area contributed by atoms with Gasteiger partial charge in [0.2, 0.25) is 0 Å². The molecule has 2 nitrogen and oxygen atoms in total. The maximum atomic E-state index is 3.46. The van der Waals surface area contributed by atoms with Crippen LogP contribution in [0.5, 0.6) is 0 Å². The third kappa shape index (κ3) is 7.85. The van der Waals surface area contributed by atoms with Gasteiger partial charge in [0, 0.05) is 32.4 Å². The fraction of sp³-hybridized carbons (Fsp3) is 0.143. The molecule has 0 saturated carbocycles. The number of benzene rings is 4. The Balaban J connectivity index is 0.000000181. The van der Waals surface area contributed by atoms with E-state index in [9.17, 15) is 0 Å². The van der Waals surface area contributed by atoms with Gasteiger partial charge >= 0.3 is 0 Å². The molecule has 2 atom stereocenters. The minimum atomic E-state index is 0.315. The number of anilines is 2. The van der Waals surface area contributed by atoms with Crippen LogP contribution in [0.15, 0.2) is 118 Å². The molecule has 0 radical (unpaired) electrons. The number of nitrogens with one attached hydrogen (secondary N) is 2. The van der Waals surface area contributed by atoms with Gasteiger partial charge in [-0.15, -0.1) is 0 Å². The fourth-order valence-corrected chi connectivity index (χ4v) is 3.77. The van der Waals surface area contributed by atoms with Crippen LogP contribution in [0.1, 0.15) is 37.1 Å². The molecular formula is C28H28Br2N2. The second kappa shape index (κ2) is 12.5. The summed E-state index contributed by atoms with van der Waals surface area (Å²) in [6, 6.07) is 37.9. The van der Waals surface area contributed by atoms with Gasteiger partial charge in [0.05, 0.1) is 0 Å². The van der Waals surface area contributed by atoms with Gasteiger partial charge in [-0.05, 0) is 73.5 Å². The van der Waals surface area contributed by atoms with Gasteiger partial charge in [0.15, 0.2) is 0 Å². The van der Waals surface area contributed by atoms with Gasteiger partial charge in [-0.25, -0.2) is 0 Å². The lowest BCUT2D eigenvalue weighted by molar-refractivity contribution is 0.884. The largest absolute Gasteiger partial charge is 0.379 e. The summed E-state index contributed by atoms with van der Waals surface area (Å²) in [6.07, 6.45) is 0. The van der Waals surface area contributed by atoms with Crippen molar-refractivity contribution < 1.29 is 0 Å². The minimum Gasteiger partial charge on any atom is -0.379 e. The molecule has 0 heterocycles. The van der Waals surface area contributed by atoms with Crippen molar-refractivity contribution in [3.63, 3.8) is 0 Å². The Hall–Kier alpha value is -2.56. The Bertz CT molecular complexity index is 961. The highest BCUT2D eigenvalue weighted by Crippen LogP contribution is 2.22. The first-order valence-corrected chi connectivity index (χ1v) is 12.2. The van der Waals surface area contributed by atoms with Crippen LogP contribution in [-0.2, 0) is 0 Å². The van der Waals surface area contributed by atoms with Crippen molar-refractivity contribution in [2.24, 2.45) is 0 Å². The first-order chi connectivity index (χ1) is 15.5. The van der Waals surface area contributed by atoms with Crippen LogP contribution in [-0.4, -0.2) is 0 Å². The summed E-state index contributed by atoms with van der Waals surface area (Å²) in [5.41, 5.74) is 4.87. The van der Waals surface area contributed by atoms with Crippen molar-refractivity contribution in [3.05, 3.63) is 129 Å². The van der Waals surface area contributed by atoms with E-state index in [0.29, 0.717) is 12.1 Å². The van der Waals surface area contributed by atoms with Crippen molar-refractivity contribution in [2.45, 2.75) is 25.9 Å². The number of hydrogen-bond donors (Lipinski definition) is 2. The standard InChI is InChI=1S/2C14H14BrN/c2*1-11(12-7-9-13(15)10-8-12)16-14-5-3-2-4-6-14/h2*2-11,16H,1H3/t2*11-/m11/s1. The Kier molecular flexibility index (Phi) is 9.39. The summed E-state index contributed by atoms with van der Waals surface area (Å²) >= 11 is 6.88. The zero-order valence-electron chi connectivity index (χ0n) is 18.3. The lowest BCUT2D eigenvalue weighted by Gasteiger charge is -2.15. The van der Waals surface area contributed by atoms with Crippen LogP contribution in [0.3, 0.4) is 0 Å². The van der Waals surface area contributed by atoms with Crippen molar-refractivity contribution in [1.29, 1.82) is 0 Å². The van der Waals surface area contributed by atoms with E-state index in [0.717, 1.165) is 20.3 Å². The van der Waals surface area contributed by atoms with E-state index in [1.165, 1.54) is 11.1 Å². The summed E-state index contributed by atoms with van der Waals surface area (Å²) < 4.78 is 2.23. The zero-order chi connectivity index (χ0) is 22.8. The quantitative estimate of drug-likeness (QED) is 0.249. The van der Waals surface area contributed by atoms with E-state index >= 15 is 0 Å². The molecule has 4 aromatic carbocycles. The molecular weight excluding hydrogens is 524 g/mol. The summed E-state index contributed by atoms with van der Waals surface area (Å²) in [6.45, 7) is 4.33. The monoisotopic (exact) mass is 550 g/mol. The zero-order valence-corrected chi connectivity index (χ0v) is 21.5. The second-order valence-corrected chi connectivity index (χ2v) is 9.40. The molecule has 0 aliphatic heterocycles. The molecule has 0 aliphatic carbocycles. The van der Waals surface area contributed by atoms with Gasteiger partial charge < -0.3 is 10.6 Å². The normalized spacial score (nSPS) is 12.1. The van der Waals surface area contributed by atoms with Crippen LogP contribution in [0.4, 0.5) is 11.4 Å². The highest BCUT2D eigenvalue weighted by molar-refractivity contribution is 9.10. The molecule has 4 heteroatoms. The number of para-hydroxylation sites is 2. The lowest BCUT2D eigenvalue weighted by atomic mass is 10.1. The summed E-state index contributed by atoms with van der Waals surface area (Å²) in [5, 5.41) is 6.92. The topological polar surface area (TPSA) is 24.1 Å². The first kappa shape index (κ1) is 24.1. The Morgan fingerprint density at radius 2 is 0.781 bits per heavy atom. The Morgan fingerprint density at radius 3 is 1.09 bits per heavy atom. The average molecular weight is 552 g/mol. The summed E-state index contributed by atoms with van der Waals surface area (Å²) in [5.74, 6) is 0. The second-order valence-electron chi connectivity index (χ2n) is 7.57.